The van der Waals surface area contributed by atoms with E-state index in [4.69, 9.17) is 0 Å². The molecule has 1 saturated carbocycles. The number of fused-ring (bicyclic) bond motifs is 1. The zero-order valence-electron chi connectivity index (χ0n) is 17.2. The summed E-state index contributed by atoms with van der Waals surface area (Å²) in [6.07, 6.45) is 10.4. The Balaban J connectivity index is 1.35. The van der Waals surface area contributed by atoms with E-state index < -0.39 is 0 Å². The largest absolute Gasteiger partial charge is 0.353 e. The van der Waals surface area contributed by atoms with Crippen LogP contribution in [0.3, 0.4) is 0 Å². The number of hydrogen-bond donors (Lipinski definition) is 1. The molecule has 1 N–H and O–H groups in total. The number of likely N-dealkylation sites (N-methyl/N-ethyl adjacent to an activating group) is 1. The summed E-state index contributed by atoms with van der Waals surface area (Å²) in [6.45, 7) is 1.94. The summed E-state index contributed by atoms with van der Waals surface area (Å²) in [5.41, 5.74) is 3.06. The highest BCUT2D eigenvalue weighted by Gasteiger charge is 2.17. The molecule has 1 aliphatic carbocycles. The summed E-state index contributed by atoms with van der Waals surface area (Å²) in [5, 5.41) is 4.22. The standard InChI is InChI=1S/C24H30N4O/c1-27(21-7-3-2-4-8-21)16-14-26-24(29)18-28-15-12-19-10-11-20(17-23(19)28)22-9-5-6-13-25-22/h5-6,9-13,15,17,21H,2-4,7-8,14,16,18H2,1H3,(H,26,29). The van der Waals surface area contributed by atoms with E-state index in [1.807, 2.05) is 29.0 Å². The lowest BCUT2D eigenvalue weighted by atomic mass is 9.94. The maximum Gasteiger partial charge on any atom is 0.239 e. The molecule has 1 fully saturated rings. The fraction of sp³-hybridized carbons (Fsp3) is 0.417. The predicted octanol–water partition coefficient (Wildman–Crippen LogP) is 4.08. The van der Waals surface area contributed by atoms with Gasteiger partial charge in [-0.05, 0) is 49.5 Å². The zero-order valence-corrected chi connectivity index (χ0v) is 17.2. The van der Waals surface area contributed by atoms with Gasteiger partial charge in [0.05, 0.1) is 5.69 Å². The van der Waals surface area contributed by atoms with E-state index in [-0.39, 0.29) is 5.91 Å². The van der Waals surface area contributed by atoms with Crippen LogP contribution in [0.4, 0.5) is 0 Å². The van der Waals surface area contributed by atoms with Crippen molar-refractivity contribution < 1.29 is 4.79 Å². The topological polar surface area (TPSA) is 50.2 Å². The van der Waals surface area contributed by atoms with Crippen LogP contribution < -0.4 is 5.32 Å². The van der Waals surface area contributed by atoms with Crippen LogP contribution in [0.1, 0.15) is 32.1 Å². The summed E-state index contributed by atoms with van der Waals surface area (Å²) >= 11 is 0. The molecule has 0 unspecified atom stereocenters. The quantitative estimate of drug-likeness (QED) is 0.661. The lowest BCUT2D eigenvalue weighted by Crippen LogP contribution is -2.40. The van der Waals surface area contributed by atoms with Crippen molar-refractivity contribution in [3.63, 3.8) is 0 Å². The predicted molar refractivity (Wildman–Crippen MR) is 118 cm³/mol. The fourth-order valence-corrected chi connectivity index (χ4v) is 4.30. The van der Waals surface area contributed by atoms with Crippen LogP contribution in [0.2, 0.25) is 0 Å². The van der Waals surface area contributed by atoms with Gasteiger partial charge >= 0.3 is 0 Å². The van der Waals surface area contributed by atoms with Crippen LogP contribution in [0.25, 0.3) is 22.2 Å². The van der Waals surface area contributed by atoms with E-state index in [9.17, 15) is 4.79 Å². The average Bonchev–Trinajstić information content (AvgIpc) is 3.17. The van der Waals surface area contributed by atoms with Crippen LogP contribution in [0, 0.1) is 0 Å². The maximum atomic E-state index is 12.5. The van der Waals surface area contributed by atoms with Gasteiger partial charge < -0.3 is 14.8 Å². The first-order valence-electron chi connectivity index (χ1n) is 10.7. The van der Waals surface area contributed by atoms with Gasteiger partial charge in [-0.1, -0.05) is 37.5 Å². The van der Waals surface area contributed by atoms with Gasteiger partial charge in [0.2, 0.25) is 5.91 Å². The fourth-order valence-electron chi connectivity index (χ4n) is 4.30. The molecular weight excluding hydrogens is 360 g/mol. The molecule has 1 aliphatic rings. The van der Waals surface area contributed by atoms with Crippen molar-refractivity contribution >= 4 is 16.8 Å². The molecule has 2 heterocycles. The average molecular weight is 391 g/mol. The maximum absolute atomic E-state index is 12.5. The lowest BCUT2D eigenvalue weighted by molar-refractivity contribution is -0.121. The first-order valence-corrected chi connectivity index (χ1v) is 10.7. The number of rotatable bonds is 7. The second kappa shape index (κ2) is 9.23. The van der Waals surface area contributed by atoms with Crippen molar-refractivity contribution in [1.29, 1.82) is 0 Å². The summed E-state index contributed by atoms with van der Waals surface area (Å²) in [4.78, 5) is 19.3. The first kappa shape index (κ1) is 19.6. The molecule has 5 nitrogen and oxygen atoms in total. The third kappa shape index (κ3) is 4.85. The molecule has 1 aromatic carbocycles. The third-order valence-corrected chi connectivity index (χ3v) is 6.03. The number of benzene rings is 1. The number of hydrogen-bond acceptors (Lipinski definition) is 3. The number of pyridine rings is 1. The number of carbonyl (C=O) groups excluding carboxylic acids is 1. The van der Waals surface area contributed by atoms with Crippen molar-refractivity contribution in [3.8, 4) is 11.3 Å². The normalized spacial score (nSPS) is 15.1. The Morgan fingerprint density at radius 2 is 2.03 bits per heavy atom. The zero-order chi connectivity index (χ0) is 20.1. The molecule has 0 saturated heterocycles. The van der Waals surface area contributed by atoms with Crippen LogP contribution in [0.15, 0.2) is 54.9 Å². The van der Waals surface area contributed by atoms with Crippen molar-refractivity contribution in [1.82, 2.24) is 19.8 Å². The number of amides is 1. The minimum atomic E-state index is 0.0581. The van der Waals surface area contributed by atoms with Gasteiger partial charge in [0.15, 0.2) is 0 Å². The van der Waals surface area contributed by atoms with Crippen LogP contribution in [-0.4, -0.2) is 46.5 Å². The molecule has 3 aromatic rings. The summed E-state index contributed by atoms with van der Waals surface area (Å²) in [5.74, 6) is 0.0581. The van der Waals surface area contributed by atoms with E-state index in [1.54, 1.807) is 6.20 Å². The van der Waals surface area contributed by atoms with Gasteiger partial charge in [0.1, 0.15) is 6.54 Å². The van der Waals surface area contributed by atoms with Gasteiger partial charge in [-0.25, -0.2) is 0 Å². The number of nitrogens with zero attached hydrogens (tertiary/aromatic N) is 3. The van der Waals surface area contributed by atoms with E-state index in [0.29, 0.717) is 19.1 Å². The molecule has 1 amide bonds. The number of carbonyl (C=O) groups is 1. The Bertz CT molecular complexity index is 944. The number of nitrogens with one attached hydrogen (secondary N) is 1. The van der Waals surface area contributed by atoms with Crippen molar-refractivity contribution in [3.05, 3.63) is 54.9 Å². The molecule has 5 heteroatoms. The van der Waals surface area contributed by atoms with Crippen molar-refractivity contribution in [2.75, 3.05) is 20.1 Å². The molecule has 0 bridgehead atoms. The molecule has 29 heavy (non-hydrogen) atoms. The van der Waals surface area contributed by atoms with E-state index in [1.165, 1.54) is 32.1 Å². The molecule has 0 atom stereocenters. The van der Waals surface area contributed by atoms with Crippen LogP contribution >= 0.6 is 0 Å². The molecular formula is C24H30N4O. The molecule has 2 aromatic heterocycles. The Morgan fingerprint density at radius 1 is 1.17 bits per heavy atom. The second-order valence-corrected chi connectivity index (χ2v) is 8.05. The Kier molecular flexibility index (Phi) is 6.25. The van der Waals surface area contributed by atoms with Crippen molar-refractivity contribution in [2.24, 2.45) is 0 Å². The SMILES string of the molecule is CN(CCNC(=O)Cn1ccc2ccc(-c3ccccn3)cc21)C1CCCCC1. The van der Waals surface area contributed by atoms with Crippen molar-refractivity contribution in [2.45, 2.75) is 44.7 Å². The minimum absolute atomic E-state index is 0.0581. The van der Waals surface area contributed by atoms with E-state index >= 15 is 0 Å². The van der Waals surface area contributed by atoms with Gasteiger partial charge in [0.25, 0.3) is 0 Å². The number of aromatic nitrogens is 2. The molecule has 0 aliphatic heterocycles. The highest BCUT2D eigenvalue weighted by molar-refractivity contribution is 5.86. The molecule has 4 rings (SSSR count). The molecule has 152 valence electrons. The lowest BCUT2D eigenvalue weighted by Gasteiger charge is -2.31. The Hall–Kier alpha value is -2.66. The second-order valence-electron chi connectivity index (χ2n) is 8.05. The van der Waals surface area contributed by atoms with Gasteiger partial charge in [-0.3, -0.25) is 9.78 Å². The van der Waals surface area contributed by atoms with Gasteiger partial charge in [0, 0.05) is 42.6 Å². The summed E-state index contributed by atoms with van der Waals surface area (Å²) in [7, 11) is 2.18. The monoisotopic (exact) mass is 390 g/mol. The van der Waals surface area contributed by atoms with Crippen LogP contribution in [-0.2, 0) is 11.3 Å². The molecule has 0 radical (unpaired) electrons. The summed E-state index contributed by atoms with van der Waals surface area (Å²) in [6, 6.07) is 14.9. The van der Waals surface area contributed by atoms with E-state index in [0.717, 1.165) is 28.7 Å². The first-order chi connectivity index (χ1) is 14.2. The Labute approximate surface area is 172 Å². The minimum Gasteiger partial charge on any atom is -0.353 e. The Morgan fingerprint density at radius 3 is 2.83 bits per heavy atom. The highest BCUT2D eigenvalue weighted by Crippen LogP contribution is 2.24. The molecule has 0 spiro atoms. The highest BCUT2D eigenvalue weighted by atomic mass is 16.1. The van der Waals surface area contributed by atoms with Crippen LogP contribution in [0.5, 0.6) is 0 Å². The van der Waals surface area contributed by atoms with Gasteiger partial charge in [-0.15, -0.1) is 0 Å². The van der Waals surface area contributed by atoms with E-state index in [2.05, 4.69) is 46.5 Å². The van der Waals surface area contributed by atoms with Gasteiger partial charge in [-0.2, -0.15) is 0 Å². The summed E-state index contributed by atoms with van der Waals surface area (Å²) < 4.78 is 2.02. The third-order valence-electron chi connectivity index (χ3n) is 6.03. The smallest absolute Gasteiger partial charge is 0.239 e.